The second kappa shape index (κ2) is 13.2. The van der Waals surface area contributed by atoms with E-state index in [1.54, 1.807) is 12.1 Å². The zero-order valence-electron chi connectivity index (χ0n) is 22.3. The van der Waals surface area contributed by atoms with Crippen molar-refractivity contribution in [3.05, 3.63) is 54.1 Å². The van der Waals surface area contributed by atoms with Gasteiger partial charge in [0.15, 0.2) is 0 Å². The van der Waals surface area contributed by atoms with Gasteiger partial charge in [-0.05, 0) is 55.9 Å². The maximum atomic E-state index is 13.8. The summed E-state index contributed by atoms with van der Waals surface area (Å²) >= 11 is 0. The van der Waals surface area contributed by atoms with E-state index in [9.17, 15) is 14.4 Å². The Morgan fingerprint density at radius 2 is 1.68 bits per heavy atom. The number of ether oxygens (including phenoxy) is 2. The van der Waals surface area contributed by atoms with Crippen molar-refractivity contribution in [2.45, 2.75) is 63.8 Å². The Morgan fingerprint density at radius 1 is 0.947 bits per heavy atom. The van der Waals surface area contributed by atoms with Gasteiger partial charge >= 0.3 is 11.9 Å². The Hall–Kier alpha value is -3.68. The third-order valence-corrected chi connectivity index (χ3v) is 7.39. The van der Waals surface area contributed by atoms with Crippen LogP contribution in [-0.2, 0) is 19.1 Å². The number of imidazole rings is 1. The Kier molecular flexibility index (Phi) is 9.51. The Bertz CT molecular complexity index is 1240. The monoisotopic (exact) mass is 519 g/mol. The summed E-state index contributed by atoms with van der Waals surface area (Å²) in [5, 5.41) is 3.18. The van der Waals surface area contributed by atoms with Gasteiger partial charge in [-0.2, -0.15) is 0 Å². The van der Waals surface area contributed by atoms with Crippen LogP contribution < -0.4 is 5.32 Å². The quantitative estimate of drug-likeness (QED) is 0.267. The molecule has 202 valence electrons. The van der Waals surface area contributed by atoms with Gasteiger partial charge in [0.1, 0.15) is 11.9 Å². The Labute approximate surface area is 223 Å². The maximum Gasteiger partial charge on any atom is 0.337 e. The first-order valence-electron chi connectivity index (χ1n) is 13.5. The number of rotatable bonds is 11. The number of amides is 1. The normalized spacial score (nSPS) is 14.7. The molecule has 1 saturated carbocycles. The van der Waals surface area contributed by atoms with E-state index >= 15 is 0 Å². The molecule has 1 amide bonds. The highest BCUT2D eigenvalue weighted by Gasteiger charge is 2.34. The molecule has 0 aliphatic heterocycles. The predicted molar refractivity (Wildman–Crippen MR) is 146 cm³/mol. The van der Waals surface area contributed by atoms with E-state index in [1.807, 2.05) is 36.4 Å². The maximum absolute atomic E-state index is 13.8. The van der Waals surface area contributed by atoms with Gasteiger partial charge in [-0.15, -0.1) is 0 Å². The summed E-state index contributed by atoms with van der Waals surface area (Å²) in [5.74, 6) is 0.322. The van der Waals surface area contributed by atoms with Crippen LogP contribution in [0.4, 0.5) is 0 Å². The van der Waals surface area contributed by atoms with Gasteiger partial charge in [0.25, 0.3) is 0 Å². The molecule has 0 spiro atoms. The number of methoxy groups -OCH3 is 2. The molecule has 1 aliphatic carbocycles. The second-order valence-electron chi connectivity index (χ2n) is 9.88. The summed E-state index contributed by atoms with van der Waals surface area (Å²) in [5.41, 5.74) is 3.05. The van der Waals surface area contributed by atoms with E-state index in [2.05, 4.69) is 9.88 Å². The highest BCUT2D eigenvalue weighted by atomic mass is 16.5. The van der Waals surface area contributed by atoms with Gasteiger partial charge in [-0.1, -0.05) is 49.9 Å². The van der Waals surface area contributed by atoms with Gasteiger partial charge < -0.3 is 19.4 Å². The number of nitrogens with zero attached hydrogens (tertiary/aromatic N) is 2. The van der Waals surface area contributed by atoms with Crippen LogP contribution in [0.15, 0.2) is 48.5 Å². The predicted octanol–water partition coefficient (Wildman–Crippen LogP) is 5.46. The van der Waals surface area contributed by atoms with Gasteiger partial charge in [0, 0.05) is 18.5 Å². The molecule has 0 saturated heterocycles. The first-order valence-corrected chi connectivity index (χ1v) is 13.5. The van der Waals surface area contributed by atoms with E-state index < -0.39 is 12.0 Å². The number of esters is 2. The molecule has 38 heavy (non-hydrogen) atoms. The van der Waals surface area contributed by atoms with Crippen LogP contribution in [0.2, 0.25) is 0 Å². The van der Waals surface area contributed by atoms with Crippen LogP contribution in [0.1, 0.15) is 74.2 Å². The molecular formula is C30H37N3O5. The molecule has 2 aromatic carbocycles. The zero-order chi connectivity index (χ0) is 26.9. The van der Waals surface area contributed by atoms with Gasteiger partial charge in [-0.25, -0.2) is 9.78 Å². The molecule has 4 rings (SSSR count). The Morgan fingerprint density at radius 3 is 2.39 bits per heavy atom. The second-order valence-corrected chi connectivity index (χ2v) is 9.88. The third-order valence-electron chi connectivity index (χ3n) is 7.39. The summed E-state index contributed by atoms with van der Waals surface area (Å²) in [6, 6.07) is 14.7. The fourth-order valence-corrected chi connectivity index (χ4v) is 5.38. The minimum Gasteiger partial charge on any atom is -0.469 e. The van der Waals surface area contributed by atoms with Crippen molar-refractivity contribution in [2.75, 3.05) is 20.8 Å². The van der Waals surface area contributed by atoms with Gasteiger partial charge in [-0.3, -0.25) is 9.59 Å². The first-order chi connectivity index (χ1) is 18.5. The number of aromatic nitrogens is 2. The molecule has 1 aliphatic rings. The number of para-hydroxylation sites is 2. The third kappa shape index (κ3) is 6.41. The molecule has 1 atom stereocenters. The summed E-state index contributed by atoms with van der Waals surface area (Å²) in [4.78, 5) is 42.1. The minimum absolute atomic E-state index is 0.000418. The SMILES string of the molecule is COC(=O)CCCCCNC(=O)C(C1CCCCC1)n1c(-c2ccc(C(=O)OC)cc2)nc2ccccc21. The van der Waals surface area contributed by atoms with E-state index in [1.165, 1.54) is 20.6 Å². The lowest BCUT2D eigenvalue weighted by Crippen LogP contribution is -2.38. The molecule has 0 radical (unpaired) electrons. The zero-order valence-corrected chi connectivity index (χ0v) is 22.3. The minimum atomic E-state index is -0.395. The number of carbonyl (C=O) groups is 3. The van der Waals surface area contributed by atoms with Crippen molar-refractivity contribution >= 4 is 28.9 Å². The average Bonchev–Trinajstić information content (AvgIpc) is 3.34. The molecule has 8 heteroatoms. The molecule has 1 heterocycles. The van der Waals surface area contributed by atoms with Crippen molar-refractivity contribution in [3.63, 3.8) is 0 Å². The lowest BCUT2D eigenvalue weighted by molar-refractivity contribution is -0.140. The van der Waals surface area contributed by atoms with Gasteiger partial charge in [0.05, 0.1) is 30.8 Å². The number of nitrogens with one attached hydrogen (secondary N) is 1. The van der Waals surface area contributed by atoms with Crippen LogP contribution in [0.5, 0.6) is 0 Å². The topological polar surface area (TPSA) is 99.5 Å². The van der Waals surface area contributed by atoms with E-state index in [0.29, 0.717) is 24.4 Å². The number of fused-ring (bicyclic) bond motifs is 1. The number of hydrogen-bond donors (Lipinski definition) is 1. The Balaban J connectivity index is 1.63. The van der Waals surface area contributed by atoms with Gasteiger partial charge in [0.2, 0.25) is 5.91 Å². The summed E-state index contributed by atoms with van der Waals surface area (Å²) in [7, 11) is 2.76. The van der Waals surface area contributed by atoms with Crippen molar-refractivity contribution < 1.29 is 23.9 Å². The largest absolute Gasteiger partial charge is 0.469 e. The van der Waals surface area contributed by atoms with Crippen molar-refractivity contribution in [1.82, 2.24) is 14.9 Å². The van der Waals surface area contributed by atoms with Crippen LogP contribution in [0.25, 0.3) is 22.4 Å². The molecule has 1 fully saturated rings. The highest BCUT2D eigenvalue weighted by molar-refractivity contribution is 5.91. The number of unbranched alkanes of at least 4 members (excludes halogenated alkanes) is 2. The number of carbonyl (C=O) groups excluding carboxylic acids is 3. The molecule has 0 bridgehead atoms. The number of hydrogen-bond acceptors (Lipinski definition) is 6. The fourth-order valence-electron chi connectivity index (χ4n) is 5.38. The molecule has 1 N–H and O–H groups in total. The van der Waals surface area contributed by atoms with E-state index in [0.717, 1.165) is 61.5 Å². The summed E-state index contributed by atoms with van der Waals surface area (Å²) < 4.78 is 11.7. The van der Waals surface area contributed by atoms with Crippen LogP contribution in [0.3, 0.4) is 0 Å². The van der Waals surface area contributed by atoms with Crippen LogP contribution in [-0.4, -0.2) is 48.2 Å². The van der Waals surface area contributed by atoms with Crippen molar-refractivity contribution in [2.24, 2.45) is 5.92 Å². The van der Waals surface area contributed by atoms with Crippen LogP contribution >= 0.6 is 0 Å². The lowest BCUT2D eigenvalue weighted by Gasteiger charge is -2.32. The molecule has 1 unspecified atom stereocenters. The lowest BCUT2D eigenvalue weighted by atomic mass is 9.83. The summed E-state index contributed by atoms with van der Waals surface area (Å²) in [6.07, 6.45) is 8.17. The van der Waals surface area contributed by atoms with E-state index in [-0.39, 0.29) is 17.8 Å². The van der Waals surface area contributed by atoms with Crippen LogP contribution in [0, 0.1) is 5.92 Å². The average molecular weight is 520 g/mol. The fraction of sp³-hybridized carbons (Fsp3) is 0.467. The molecule has 3 aromatic rings. The molecule has 1 aromatic heterocycles. The highest BCUT2D eigenvalue weighted by Crippen LogP contribution is 2.38. The number of benzene rings is 2. The standard InChI is InChI=1S/C30H37N3O5/c1-37-26(34)15-7-4-10-20-31-29(35)27(21-11-5-3-6-12-21)33-25-14-9-8-13-24(25)32-28(33)22-16-18-23(19-17-22)30(36)38-2/h8-9,13-14,16-19,21,27H,3-7,10-12,15,20H2,1-2H3,(H,31,35). The molecular weight excluding hydrogens is 482 g/mol. The smallest absolute Gasteiger partial charge is 0.337 e. The van der Waals surface area contributed by atoms with E-state index in [4.69, 9.17) is 14.5 Å². The molecule has 8 nitrogen and oxygen atoms in total. The first kappa shape index (κ1) is 27.4. The summed E-state index contributed by atoms with van der Waals surface area (Å²) in [6.45, 7) is 0.555. The van der Waals surface area contributed by atoms with Crippen molar-refractivity contribution in [1.29, 1.82) is 0 Å². The van der Waals surface area contributed by atoms with Crippen molar-refractivity contribution in [3.8, 4) is 11.4 Å².